The van der Waals surface area contributed by atoms with Crippen molar-refractivity contribution in [2.75, 3.05) is 0 Å². The molecule has 0 aliphatic rings. The van der Waals surface area contributed by atoms with Crippen LogP contribution in [0.4, 0.5) is 0 Å². The van der Waals surface area contributed by atoms with E-state index in [1.54, 1.807) is 6.20 Å². The van der Waals surface area contributed by atoms with Gasteiger partial charge >= 0.3 is 0 Å². The van der Waals surface area contributed by atoms with Gasteiger partial charge < -0.3 is 5.73 Å². The molecule has 0 spiro atoms. The Morgan fingerprint density at radius 2 is 2.15 bits per heavy atom. The minimum absolute atomic E-state index is 0.446. The summed E-state index contributed by atoms with van der Waals surface area (Å²) in [6, 6.07) is 7.60. The molecule has 0 unspecified atom stereocenters. The Bertz CT molecular complexity index is 440. The van der Waals surface area contributed by atoms with Crippen molar-refractivity contribution in [2.45, 2.75) is 6.54 Å². The Balaban J connectivity index is 2.84. The zero-order chi connectivity index (χ0) is 9.26. The predicted octanol–water partition coefficient (Wildman–Crippen LogP) is 2.35. The van der Waals surface area contributed by atoms with E-state index in [9.17, 15) is 0 Å². The minimum Gasteiger partial charge on any atom is -0.326 e. The first kappa shape index (κ1) is 8.48. The van der Waals surface area contributed by atoms with E-state index in [2.05, 4.69) is 4.98 Å². The predicted molar refractivity (Wildman–Crippen MR) is 54.6 cm³/mol. The van der Waals surface area contributed by atoms with Crippen molar-refractivity contribution in [3.05, 3.63) is 41.0 Å². The minimum atomic E-state index is 0.446. The monoisotopic (exact) mass is 192 g/mol. The number of hydrogen-bond acceptors (Lipinski definition) is 2. The maximum atomic E-state index is 6.00. The summed E-state index contributed by atoms with van der Waals surface area (Å²) < 4.78 is 0. The van der Waals surface area contributed by atoms with Gasteiger partial charge in [-0.15, -0.1) is 0 Å². The summed E-state index contributed by atoms with van der Waals surface area (Å²) in [6.07, 6.45) is 1.76. The fraction of sp³-hybridized carbons (Fsp3) is 0.100. The van der Waals surface area contributed by atoms with Gasteiger partial charge in [0.05, 0.1) is 5.52 Å². The molecule has 0 radical (unpaired) electrons. The van der Waals surface area contributed by atoms with Crippen LogP contribution in [-0.4, -0.2) is 4.98 Å². The maximum Gasteiger partial charge on any atom is 0.0706 e. The van der Waals surface area contributed by atoms with Crippen molar-refractivity contribution in [1.29, 1.82) is 0 Å². The Kier molecular flexibility index (Phi) is 2.17. The van der Waals surface area contributed by atoms with Gasteiger partial charge in [-0.25, -0.2) is 0 Å². The number of hydrogen-bond donors (Lipinski definition) is 1. The maximum absolute atomic E-state index is 6.00. The Labute approximate surface area is 81.3 Å². The number of fused-ring (bicyclic) bond motifs is 1. The molecule has 2 N–H and O–H groups in total. The number of pyridine rings is 1. The Morgan fingerprint density at radius 3 is 2.92 bits per heavy atom. The first-order valence-electron chi connectivity index (χ1n) is 4.05. The molecule has 13 heavy (non-hydrogen) atoms. The van der Waals surface area contributed by atoms with Gasteiger partial charge in [0, 0.05) is 23.2 Å². The number of halogens is 1. The quantitative estimate of drug-likeness (QED) is 0.754. The highest BCUT2D eigenvalue weighted by Gasteiger charge is 2.03. The van der Waals surface area contributed by atoms with Crippen molar-refractivity contribution in [1.82, 2.24) is 4.98 Å². The van der Waals surface area contributed by atoms with Crippen LogP contribution in [0.5, 0.6) is 0 Å². The highest BCUT2D eigenvalue weighted by molar-refractivity contribution is 6.32. The van der Waals surface area contributed by atoms with E-state index < -0.39 is 0 Å². The molecule has 2 aromatic rings. The SMILES string of the molecule is NCc1c(Cl)ccc2ncccc12. The third-order valence-electron chi connectivity index (χ3n) is 2.04. The summed E-state index contributed by atoms with van der Waals surface area (Å²) >= 11 is 6.00. The molecule has 0 amide bonds. The summed E-state index contributed by atoms with van der Waals surface area (Å²) in [5.74, 6) is 0. The molecule has 2 nitrogen and oxygen atoms in total. The summed E-state index contributed by atoms with van der Waals surface area (Å²) in [4.78, 5) is 4.22. The number of benzene rings is 1. The molecule has 1 aromatic carbocycles. The second kappa shape index (κ2) is 3.32. The van der Waals surface area contributed by atoms with Crippen LogP contribution in [-0.2, 0) is 6.54 Å². The smallest absolute Gasteiger partial charge is 0.0706 e. The van der Waals surface area contributed by atoms with Crippen LogP contribution >= 0.6 is 11.6 Å². The molecule has 1 heterocycles. The Hall–Kier alpha value is -1.12. The molecule has 0 aliphatic carbocycles. The molecule has 0 saturated carbocycles. The summed E-state index contributed by atoms with van der Waals surface area (Å²) in [5.41, 5.74) is 7.51. The highest BCUT2D eigenvalue weighted by Crippen LogP contribution is 2.23. The van der Waals surface area contributed by atoms with E-state index in [1.807, 2.05) is 24.3 Å². The molecular weight excluding hydrogens is 184 g/mol. The van der Waals surface area contributed by atoms with Crippen LogP contribution in [0.25, 0.3) is 10.9 Å². The number of aromatic nitrogens is 1. The van der Waals surface area contributed by atoms with Crippen molar-refractivity contribution in [2.24, 2.45) is 5.73 Å². The fourth-order valence-electron chi connectivity index (χ4n) is 1.39. The molecule has 2 rings (SSSR count). The van der Waals surface area contributed by atoms with Gasteiger partial charge in [0.25, 0.3) is 0 Å². The lowest BCUT2D eigenvalue weighted by atomic mass is 10.1. The van der Waals surface area contributed by atoms with Gasteiger partial charge in [-0.05, 0) is 23.8 Å². The number of rotatable bonds is 1. The Morgan fingerprint density at radius 1 is 1.31 bits per heavy atom. The topological polar surface area (TPSA) is 38.9 Å². The summed E-state index contributed by atoms with van der Waals surface area (Å²) in [7, 11) is 0. The van der Waals surface area contributed by atoms with Gasteiger partial charge in [0.2, 0.25) is 0 Å². The first-order valence-corrected chi connectivity index (χ1v) is 4.43. The van der Waals surface area contributed by atoms with Crippen molar-refractivity contribution < 1.29 is 0 Å². The van der Waals surface area contributed by atoms with Crippen molar-refractivity contribution in [3.8, 4) is 0 Å². The lowest BCUT2D eigenvalue weighted by Crippen LogP contribution is -1.98. The fourth-order valence-corrected chi connectivity index (χ4v) is 1.64. The average Bonchev–Trinajstić information content (AvgIpc) is 2.18. The van der Waals surface area contributed by atoms with E-state index in [4.69, 9.17) is 17.3 Å². The summed E-state index contributed by atoms with van der Waals surface area (Å²) in [6.45, 7) is 0.446. The van der Waals surface area contributed by atoms with Gasteiger partial charge in [-0.1, -0.05) is 17.7 Å². The lowest BCUT2D eigenvalue weighted by molar-refractivity contribution is 1.08. The standard InChI is InChI=1S/C10H9ClN2/c11-9-3-4-10-7(8(9)6-12)2-1-5-13-10/h1-5H,6,12H2. The zero-order valence-electron chi connectivity index (χ0n) is 7.00. The lowest BCUT2D eigenvalue weighted by Gasteiger charge is -2.04. The van der Waals surface area contributed by atoms with Crippen LogP contribution in [0.1, 0.15) is 5.56 Å². The molecule has 0 bridgehead atoms. The normalized spacial score (nSPS) is 10.6. The third-order valence-corrected chi connectivity index (χ3v) is 2.40. The van der Waals surface area contributed by atoms with Crippen LogP contribution < -0.4 is 5.73 Å². The molecule has 0 fully saturated rings. The van der Waals surface area contributed by atoms with E-state index in [1.165, 1.54) is 0 Å². The molecule has 3 heteroatoms. The molecule has 1 aromatic heterocycles. The molecule has 66 valence electrons. The molecular formula is C10H9ClN2. The van der Waals surface area contributed by atoms with Crippen LogP contribution in [0.3, 0.4) is 0 Å². The van der Waals surface area contributed by atoms with E-state index in [-0.39, 0.29) is 0 Å². The highest BCUT2D eigenvalue weighted by atomic mass is 35.5. The summed E-state index contributed by atoms with van der Waals surface area (Å²) in [5, 5.41) is 1.75. The largest absolute Gasteiger partial charge is 0.326 e. The van der Waals surface area contributed by atoms with Gasteiger partial charge in [0.15, 0.2) is 0 Å². The van der Waals surface area contributed by atoms with Gasteiger partial charge in [-0.2, -0.15) is 0 Å². The van der Waals surface area contributed by atoms with Crippen LogP contribution in [0.2, 0.25) is 5.02 Å². The van der Waals surface area contributed by atoms with Crippen LogP contribution in [0, 0.1) is 0 Å². The average molecular weight is 193 g/mol. The van der Waals surface area contributed by atoms with E-state index >= 15 is 0 Å². The molecule has 0 atom stereocenters. The first-order chi connectivity index (χ1) is 6.33. The van der Waals surface area contributed by atoms with E-state index in [0.29, 0.717) is 11.6 Å². The van der Waals surface area contributed by atoms with Crippen molar-refractivity contribution >= 4 is 22.5 Å². The third kappa shape index (κ3) is 1.39. The van der Waals surface area contributed by atoms with Gasteiger partial charge in [-0.3, -0.25) is 4.98 Å². The van der Waals surface area contributed by atoms with E-state index in [0.717, 1.165) is 16.5 Å². The number of nitrogens with zero attached hydrogens (tertiary/aromatic N) is 1. The van der Waals surface area contributed by atoms with Crippen LogP contribution in [0.15, 0.2) is 30.5 Å². The van der Waals surface area contributed by atoms with Gasteiger partial charge in [0.1, 0.15) is 0 Å². The second-order valence-corrected chi connectivity index (χ2v) is 3.21. The number of nitrogens with two attached hydrogens (primary N) is 1. The molecule has 0 aliphatic heterocycles. The zero-order valence-corrected chi connectivity index (χ0v) is 7.75. The molecule has 0 saturated heterocycles. The second-order valence-electron chi connectivity index (χ2n) is 2.80. The van der Waals surface area contributed by atoms with Crippen molar-refractivity contribution in [3.63, 3.8) is 0 Å².